The monoisotopic (exact) mass is 380 g/mol. The Morgan fingerprint density at radius 3 is 2.59 bits per heavy atom. The number of urea groups is 1. The van der Waals surface area contributed by atoms with E-state index < -0.39 is 11.9 Å². The number of anilines is 1. The Morgan fingerprint density at radius 2 is 2.00 bits per heavy atom. The minimum Gasteiger partial charge on any atom is -0.336 e. The first-order chi connectivity index (χ1) is 12.8. The first-order valence-corrected chi connectivity index (χ1v) is 8.25. The summed E-state index contributed by atoms with van der Waals surface area (Å²) in [6, 6.07) is 1.71. The second-order valence-corrected chi connectivity index (χ2v) is 6.36. The van der Waals surface area contributed by atoms with E-state index in [1.165, 1.54) is 4.90 Å². The van der Waals surface area contributed by atoms with Gasteiger partial charge in [-0.3, -0.25) is 19.4 Å². The summed E-state index contributed by atoms with van der Waals surface area (Å²) >= 11 is 0. The molecule has 0 atom stereocenters. The van der Waals surface area contributed by atoms with Crippen molar-refractivity contribution in [3.8, 4) is 0 Å². The highest BCUT2D eigenvalue weighted by atomic mass is 19.4. The zero-order chi connectivity index (χ0) is 19.2. The third kappa shape index (κ3) is 3.20. The van der Waals surface area contributed by atoms with Crippen molar-refractivity contribution in [2.24, 2.45) is 0 Å². The zero-order valence-electron chi connectivity index (χ0n) is 14.0. The van der Waals surface area contributed by atoms with Gasteiger partial charge in [-0.15, -0.1) is 0 Å². The van der Waals surface area contributed by atoms with Crippen molar-refractivity contribution in [2.45, 2.75) is 12.2 Å². The number of nitrogens with one attached hydrogen (secondary N) is 1. The first kappa shape index (κ1) is 17.3. The smallest absolute Gasteiger partial charge is 0.336 e. The van der Waals surface area contributed by atoms with E-state index in [1.807, 2.05) is 0 Å². The highest BCUT2D eigenvalue weighted by Gasteiger charge is 2.35. The number of carbonyl (C=O) groups excluding carboxylic acids is 2. The van der Waals surface area contributed by atoms with E-state index in [0.29, 0.717) is 31.9 Å². The van der Waals surface area contributed by atoms with Crippen molar-refractivity contribution in [3.05, 3.63) is 42.0 Å². The molecule has 2 aliphatic rings. The highest BCUT2D eigenvalue weighted by molar-refractivity contribution is 5.94. The largest absolute Gasteiger partial charge is 0.433 e. The van der Waals surface area contributed by atoms with Gasteiger partial charge in [0.05, 0.1) is 23.5 Å². The molecule has 4 heterocycles. The second-order valence-electron chi connectivity index (χ2n) is 6.36. The van der Waals surface area contributed by atoms with Crippen LogP contribution < -0.4 is 10.2 Å². The number of amides is 3. The van der Waals surface area contributed by atoms with Crippen molar-refractivity contribution < 1.29 is 22.8 Å². The van der Waals surface area contributed by atoms with Crippen LogP contribution in [0, 0.1) is 0 Å². The number of hydrogen-bond acceptors (Lipinski definition) is 4. The normalized spacial score (nSPS) is 17.8. The van der Waals surface area contributed by atoms with Crippen LogP contribution in [0.4, 0.5) is 23.7 Å². The van der Waals surface area contributed by atoms with Gasteiger partial charge in [0.15, 0.2) is 0 Å². The second kappa shape index (κ2) is 6.25. The van der Waals surface area contributed by atoms with Crippen LogP contribution in [0.5, 0.6) is 0 Å². The van der Waals surface area contributed by atoms with Crippen LogP contribution in [0.2, 0.25) is 0 Å². The van der Waals surface area contributed by atoms with E-state index in [0.717, 1.165) is 18.3 Å². The minimum absolute atomic E-state index is 0.0456. The average Bonchev–Trinajstić information content (AvgIpc) is 3.21. The molecule has 4 rings (SSSR count). The van der Waals surface area contributed by atoms with Gasteiger partial charge in [-0.2, -0.15) is 18.3 Å². The van der Waals surface area contributed by atoms with Crippen LogP contribution in [0.3, 0.4) is 0 Å². The summed E-state index contributed by atoms with van der Waals surface area (Å²) in [5, 5.41) is 6.95. The lowest BCUT2D eigenvalue weighted by molar-refractivity contribution is -0.141. The third-order valence-corrected chi connectivity index (χ3v) is 4.58. The quantitative estimate of drug-likeness (QED) is 0.875. The number of pyridine rings is 1. The van der Waals surface area contributed by atoms with Crippen molar-refractivity contribution in [3.63, 3.8) is 0 Å². The molecule has 3 amide bonds. The van der Waals surface area contributed by atoms with Gasteiger partial charge in [-0.25, -0.2) is 4.79 Å². The lowest BCUT2D eigenvalue weighted by atomic mass is 10.1. The van der Waals surface area contributed by atoms with Crippen LogP contribution >= 0.6 is 0 Å². The molecule has 0 unspecified atom stereocenters. The van der Waals surface area contributed by atoms with Crippen LogP contribution in [-0.4, -0.2) is 57.8 Å². The maximum absolute atomic E-state index is 12.5. The van der Waals surface area contributed by atoms with E-state index in [1.54, 1.807) is 22.0 Å². The molecule has 1 N–H and O–H groups in total. The molecular formula is C16H15F3N6O2. The summed E-state index contributed by atoms with van der Waals surface area (Å²) in [4.78, 5) is 30.4. The van der Waals surface area contributed by atoms with Gasteiger partial charge >= 0.3 is 12.2 Å². The molecule has 27 heavy (non-hydrogen) atoms. The summed E-state index contributed by atoms with van der Waals surface area (Å²) in [5.41, 5.74) is -0.242. The molecule has 2 aromatic heterocycles. The van der Waals surface area contributed by atoms with Crippen molar-refractivity contribution >= 4 is 17.6 Å². The molecule has 0 saturated carbocycles. The summed E-state index contributed by atoms with van der Waals surface area (Å²) in [6.45, 7) is 1.91. The maximum Gasteiger partial charge on any atom is 0.433 e. The molecule has 0 aliphatic carbocycles. The molecular weight excluding hydrogens is 365 g/mol. The fraction of sp³-hybridized carbons (Fsp3) is 0.375. The lowest BCUT2D eigenvalue weighted by Gasteiger charge is -2.39. The van der Waals surface area contributed by atoms with Crippen LogP contribution in [0.1, 0.15) is 22.1 Å². The van der Waals surface area contributed by atoms with Gasteiger partial charge < -0.3 is 10.2 Å². The predicted molar refractivity (Wildman–Crippen MR) is 87.2 cm³/mol. The molecule has 0 spiro atoms. The maximum atomic E-state index is 12.5. The Kier molecular flexibility index (Phi) is 4.01. The number of rotatable bonds is 3. The van der Waals surface area contributed by atoms with Crippen molar-refractivity contribution in [1.29, 1.82) is 0 Å². The van der Waals surface area contributed by atoms with Gasteiger partial charge in [0, 0.05) is 38.6 Å². The van der Waals surface area contributed by atoms with Gasteiger partial charge in [0.25, 0.3) is 5.91 Å². The average molecular weight is 380 g/mol. The fourth-order valence-electron chi connectivity index (χ4n) is 3.04. The van der Waals surface area contributed by atoms with Gasteiger partial charge in [0.2, 0.25) is 0 Å². The van der Waals surface area contributed by atoms with E-state index in [-0.39, 0.29) is 23.5 Å². The van der Waals surface area contributed by atoms with Gasteiger partial charge in [0.1, 0.15) is 5.69 Å². The van der Waals surface area contributed by atoms with Crippen LogP contribution in [0.25, 0.3) is 0 Å². The molecule has 11 heteroatoms. The topological polar surface area (TPSA) is 83.4 Å². The molecule has 0 radical (unpaired) electrons. The summed E-state index contributed by atoms with van der Waals surface area (Å²) in [6.07, 6.45) is -0.254. The summed E-state index contributed by atoms with van der Waals surface area (Å²) in [7, 11) is 0. The van der Waals surface area contributed by atoms with E-state index in [2.05, 4.69) is 15.4 Å². The predicted octanol–water partition coefficient (Wildman–Crippen LogP) is 1.52. The van der Waals surface area contributed by atoms with Crippen molar-refractivity contribution in [1.82, 2.24) is 25.0 Å². The van der Waals surface area contributed by atoms with Gasteiger partial charge in [-0.1, -0.05) is 0 Å². The fourth-order valence-corrected chi connectivity index (χ4v) is 3.04. The first-order valence-electron chi connectivity index (χ1n) is 8.25. The highest BCUT2D eigenvalue weighted by Crippen LogP contribution is 2.28. The number of carbonyl (C=O) groups is 2. The number of alkyl halides is 3. The van der Waals surface area contributed by atoms with Gasteiger partial charge in [-0.05, 0) is 12.1 Å². The Balaban J connectivity index is 1.37. The molecule has 142 valence electrons. The molecule has 0 bridgehead atoms. The summed E-state index contributed by atoms with van der Waals surface area (Å²) < 4.78 is 39.3. The van der Waals surface area contributed by atoms with Crippen LogP contribution in [0.15, 0.2) is 30.7 Å². The lowest BCUT2D eigenvalue weighted by Crippen LogP contribution is -2.50. The third-order valence-electron chi connectivity index (χ3n) is 4.58. The molecule has 2 aliphatic heterocycles. The molecule has 0 aromatic carbocycles. The SMILES string of the molecule is O=C(c1ccc(C(F)(F)F)nc1)N1CC(n2cc(N3CCNC3=O)cn2)C1. The summed E-state index contributed by atoms with van der Waals surface area (Å²) in [5.74, 6) is -0.376. The number of nitrogens with zero attached hydrogens (tertiary/aromatic N) is 5. The molecule has 2 saturated heterocycles. The number of hydrogen-bond donors (Lipinski definition) is 1. The Bertz CT molecular complexity index is 873. The Labute approximate surface area is 151 Å². The zero-order valence-corrected chi connectivity index (χ0v) is 14.0. The van der Waals surface area contributed by atoms with Crippen molar-refractivity contribution in [2.75, 3.05) is 31.1 Å². The Morgan fingerprint density at radius 1 is 1.22 bits per heavy atom. The number of aromatic nitrogens is 3. The van der Waals surface area contributed by atoms with E-state index in [9.17, 15) is 22.8 Å². The number of halogens is 3. The minimum atomic E-state index is -4.53. The molecule has 2 fully saturated rings. The van der Waals surface area contributed by atoms with Crippen LogP contribution in [-0.2, 0) is 6.18 Å². The standard InChI is InChI=1S/C16H15F3N6O2/c17-16(18,19)13-2-1-10(5-21-13)14(26)23-7-12(8-23)25-9-11(6-22-25)24-4-3-20-15(24)27/h1-2,5-6,9,12H,3-4,7-8H2,(H,20,27). The van der Waals surface area contributed by atoms with E-state index in [4.69, 9.17) is 0 Å². The molecule has 2 aromatic rings. The van der Waals surface area contributed by atoms with E-state index >= 15 is 0 Å². The Hall–Kier alpha value is -3.11. The molecule has 8 nitrogen and oxygen atoms in total. The number of likely N-dealkylation sites (tertiary alicyclic amines) is 1.